The first-order valence-electron chi connectivity index (χ1n) is 7.86. The van der Waals surface area contributed by atoms with Gasteiger partial charge in [-0.05, 0) is 48.0 Å². The number of nitrogens with zero attached hydrogens (tertiary/aromatic N) is 1. The minimum Gasteiger partial charge on any atom is -0.382 e. The normalized spacial score (nSPS) is 10.9. The Bertz CT molecular complexity index is 1150. The largest absolute Gasteiger partial charge is 0.382 e. The standard InChI is InChI=1S/C18H13Cl2N5OS/c19-10-2-3-12(20)14(8-10)23-25-18(26)16-6-5-15(27-16)9-1-4-13-11(7-9)17(21)24-22-13/h1-8,23H,(H,25,26)(H3,21,22,24). The van der Waals surface area contributed by atoms with E-state index in [0.717, 1.165) is 21.3 Å². The number of nitrogens with one attached hydrogen (secondary N) is 3. The molecule has 0 aliphatic rings. The fraction of sp³-hybridized carbons (Fsp3) is 0. The van der Waals surface area contributed by atoms with Gasteiger partial charge in [-0.2, -0.15) is 5.10 Å². The number of benzene rings is 2. The van der Waals surface area contributed by atoms with E-state index in [2.05, 4.69) is 21.0 Å². The van der Waals surface area contributed by atoms with Crippen molar-refractivity contribution in [2.75, 3.05) is 11.2 Å². The Labute approximate surface area is 168 Å². The van der Waals surface area contributed by atoms with Crippen molar-refractivity contribution in [3.05, 3.63) is 63.5 Å². The summed E-state index contributed by atoms with van der Waals surface area (Å²) in [4.78, 5) is 13.9. The summed E-state index contributed by atoms with van der Waals surface area (Å²) in [7, 11) is 0. The molecule has 0 aliphatic carbocycles. The van der Waals surface area contributed by atoms with Crippen molar-refractivity contribution in [2.24, 2.45) is 0 Å². The maximum Gasteiger partial charge on any atom is 0.279 e. The minimum atomic E-state index is -0.272. The van der Waals surface area contributed by atoms with E-state index in [1.807, 2.05) is 24.3 Å². The van der Waals surface area contributed by atoms with E-state index < -0.39 is 0 Å². The lowest BCUT2D eigenvalue weighted by Gasteiger charge is -2.09. The molecule has 2 aromatic heterocycles. The first-order chi connectivity index (χ1) is 13.0. The average molecular weight is 418 g/mol. The van der Waals surface area contributed by atoms with Crippen LogP contribution in [0.2, 0.25) is 10.0 Å². The number of halogens is 2. The highest BCUT2D eigenvalue weighted by Crippen LogP contribution is 2.31. The van der Waals surface area contributed by atoms with Crippen molar-refractivity contribution in [3.63, 3.8) is 0 Å². The highest BCUT2D eigenvalue weighted by atomic mass is 35.5. The van der Waals surface area contributed by atoms with Crippen molar-refractivity contribution in [2.45, 2.75) is 0 Å². The fourth-order valence-corrected chi connectivity index (χ4v) is 3.82. The first-order valence-corrected chi connectivity index (χ1v) is 9.44. The molecule has 2 aromatic carbocycles. The first kappa shape index (κ1) is 17.7. The van der Waals surface area contributed by atoms with Crippen molar-refractivity contribution < 1.29 is 4.79 Å². The van der Waals surface area contributed by atoms with Crippen molar-refractivity contribution in [1.82, 2.24) is 15.6 Å². The van der Waals surface area contributed by atoms with Gasteiger partial charge in [0.25, 0.3) is 5.91 Å². The minimum absolute atomic E-state index is 0.272. The molecule has 27 heavy (non-hydrogen) atoms. The smallest absolute Gasteiger partial charge is 0.279 e. The third-order valence-corrected chi connectivity index (χ3v) is 5.64. The van der Waals surface area contributed by atoms with Gasteiger partial charge in [0, 0.05) is 15.3 Å². The van der Waals surface area contributed by atoms with Crippen molar-refractivity contribution in [3.8, 4) is 10.4 Å². The Morgan fingerprint density at radius 2 is 1.96 bits per heavy atom. The maximum atomic E-state index is 12.4. The van der Waals surface area contributed by atoms with Crippen LogP contribution in [0.5, 0.6) is 0 Å². The molecule has 0 bridgehead atoms. The second-order valence-electron chi connectivity index (χ2n) is 5.74. The average Bonchev–Trinajstić information content (AvgIpc) is 3.29. The van der Waals surface area contributed by atoms with Crippen molar-refractivity contribution in [1.29, 1.82) is 0 Å². The van der Waals surface area contributed by atoms with Gasteiger partial charge in [0.1, 0.15) is 0 Å². The SMILES string of the molecule is Nc1n[nH]c2ccc(-c3ccc(C(=O)NNc4cc(Cl)ccc4Cl)s3)cc12. The molecule has 0 aliphatic heterocycles. The van der Waals surface area contributed by atoms with Crippen LogP contribution < -0.4 is 16.6 Å². The van der Waals surface area contributed by atoms with E-state index in [9.17, 15) is 4.79 Å². The van der Waals surface area contributed by atoms with Gasteiger partial charge in [0.05, 0.1) is 21.1 Å². The molecule has 0 saturated heterocycles. The zero-order chi connectivity index (χ0) is 19.0. The predicted molar refractivity (Wildman–Crippen MR) is 111 cm³/mol. The molecular weight excluding hydrogens is 405 g/mol. The number of aromatic amines is 1. The number of fused-ring (bicyclic) bond motifs is 1. The molecule has 0 unspecified atom stereocenters. The molecule has 4 aromatic rings. The molecule has 4 rings (SSSR count). The number of hydrazine groups is 1. The van der Waals surface area contributed by atoms with Gasteiger partial charge in [-0.15, -0.1) is 11.3 Å². The van der Waals surface area contributed by atoms with Crippen LogP contribution in [0.3, 0.4) is 0 Å². The van der Waals surface area contributed by atoms with Gasteiger partial charge in [-0.25, -0.2) is 0 Å². The third-order valence-electron chi connectivity index (χ3n) is 3.95. The molecule has 0 radical (unpaired) electrons. The Morgan fingerprint density at radius 3 is 2.81 bits per heavy atom. The number of carbonyl (C=O) groups excluding carboxylic acids is 1. The molecule has 0 saturated carbocycles. The zero-order valence-corrected chi connectivity index (χ0v) is 16.0. The number of H-pyrrole nitrogens is 1. The number of anilines is 2. The fourth-order valence-electron chi connectivity index (χ4n) is 2.58. The van der Waals surface area contributed by atoms with Crippen LogP contribution in [0.4, 0.5) is 11.5 Å². The van der Waals surface area contributed by atoms with E-state index in [4.69, 9.17) is 28.9 Å². The predicted octanol–water partition coefficient (Wildman–Crippen LogP) is 4.94. The number of hydrogen-bond donors (Lipinski definition) is 4. The molecule has 0 atom stereocenters. The summed E-state index contributed by atoms with van der Waals surface area (Å²) >= 11 is 13.4. The molecule has 6 nitrogen and oxygen atoms in total. The number of amides is 1. The Kier molecular flexibility index (Phi) is 4.65. The van der Waals surface area contributed by atoms with Gasteiger partial charge >= 0.3 is 0 Å². The summed E-state index contributed by atoms with van der Waals surface area (Å²) in [6.45, 7) is 0. The molecule has 136 valence electrons. The Hall–Kier alpha value is -2.74. The molecule has 9 heteroatoms. The summed E-state index contributed by atoms with van der Waals surface area (Å²) in [6, 6.07) is 14.4. The van der Waals surface area contributed by atoms with Gasteiger partial charge in [0.15, 0.2) is 5.82 Å². The van der Waals surface area contributed by atoms with Crippen LogP contribution >= 0.6 is 34.5 Å². The number of nitrogen functional groups attached to an aromatic ring is 1. The summed E-state index contributed by atoms with van der Waals surface area (Å²) in [5.74, 6) is 0.176. The molecule has 5 N–H and O–H groups in total. The lowest BCUT2D eigenvalue weighted by molar-refractivity contribution is 0.0966. The lowest BCUT2D eigenvalue weighted by Crippen LogP contribution is -2.28. The molecule has 0 spiro atoms. The number of aromatic nitrogens is 2. The lowest BCUT2D eigenvalue weighted by atomic mass is 10.1. The number of rotatable bonds is 4. The second kappa shape index (κ2) is 7.11. The van der Waals surface area contributed by atoms with E-state index in [1.165, 1.54) is 11.3 Å². The van der Waals surface area contributed by atoms with E-state index in [1.54, 1.807) is 24.3 Å². The third kappa shape index (κ3) is 3.57. The van der Waals surface area contributed by atoms with Crippen LogP contribution in [0, 0.1) is 0 Å². The summed E-state index contributed by atoms with van der Waals surface area (Å²) in [5.41, 5.74) is 13.6. The monoisotopic (exact) mass is 417 g/mol. The highest BCUT2D eigenvalue weighted by molar-refractivity contribution is 7.17. The Morgan fingerprint density at radius 1 is 1.11 bits per heavy atom. The maximum absolute atomic E-state index is 12.4. The van der Waals surface area contributed by atoms with Crippen LogP contribution in [0.1, 0.15) is 9.67 Å². The highest BCUT2D eigenvalue weighted by Gasteiger charge is 2.12. The molecular formula is C18H13Cl2N5OS. The summed E-state index contributed by atoms with van der Waals surface area (Å²) in [6.07, 6.45) is 0. The van der Waals surface area contributed by atoms with E-state index >= 15 is 0 Å². The number of nitrogens with two attached hydrogens (primary N) is 1. The zero-order valence-electron chi connectivity index (χ0n) is 13.7. The van der Waals surface area contributed by atoms with Gasteiger partial charge < -0.3 is 5.73 Å². The van der Waals surface area contributed by atoms with Gasteiger partial charge in [-0.1, -0.05) is 29.3 Å². The van der Waals surface area contributed by atoms with Crippen LogP contribution in [-0.4, -0.2) is 16.1 Å². The number of hydrogen-bond acceptors (Lipinski definition) is 5. The summed E-state index contributed by atoms with van der Waals surface area (Å²) < 4.78 is 0. The van der Waals surface area contributed by atoms with Crippen LogP contribution in [0.25, 0.3) is 21.3 Å². The molecule has 2 heterocycles. The molecule has 1 amide bonds. The van der Waals surface area contributed by atoms with E-state index in [-0.39, 0.29) is 5.91 Å². The van der Waals surface area contributed by atoms with Crippen LogP contribution in [0.15, 0.2) is 48.5 Å². The number of thiophene rings is 1. The van der Waals surface area contributed by atoms with E-state index in [0.29, 0.717) is 26.4 Å². The summed E-state index contributed by atoms with van der Waals surface area (Å²) in [5, 5.41) is 8.68. The van der Waals surface area contributed by atoms with Gasteiger partial charge in [0.2, 0.25) is 0 Å². The van der Waals surface area contributed by atoms with Gasteiger partial charge in [-0.3, -0.25) is 20.7 Å². The quantitative estimate of drug-likeness (QED) is 0.353. The molecule has 0 fully saturated rings. The van der Waals surface area contributed by atoms with Crippen LogP contribution in [-0.2, 0) is 0 Å². The van der Waals surface area contributed by atoms with Crippen molar-refractivity contribution >= 4 is 62.9 Å². The Balaban J connectivity index is 1.51. The topological polar surface area (TPSA) is 95.8 Å². The second-order valence-corrected chi connectivity index (χ2v) is 7.66. The number of carbonyl (C=O) groups is 1.